The minimum absolute atomic E-state index is 0.0398. The van der Waals surface area contributed by atoms with E-state index >= 15 is 0 Å². The fourth-order valence-corrected chi connectivity index (χ4v) is 7.76. The molecule has 2 N–H and O–H groups in total. The number of aromatic nitrogens is 1. The summed E-state index contributed by atoms with van der Waals surface area (Å²) in [6.45, 7) is 1.47. The van der Waals surface area contributed by atoms with Crippen LogP contribution in [0.1, 0.15) is 52.5 Å². The molecule has 1 aliphatic carbocycles. The predicted octanol–water partition coefficient (Wildman–Crippen LogP) is 6.88. The van der Waals surface area contributed by atoms with Crippen molar-refractivity contribution >= 4 is 64.2 Å². The molecule has 2 aliphatic heterocycles. The van der Waals surface area contributed by atoms with Gasteiger partial charge in [0.25, 0.3) is 11.5 Å². The number of hydrogen-bond donors (Lipinski definition) is 2. The van der Waals surface area contributed by atoms with Crippen molar-refractivity contribution in [2.45, 2.75) is 53.1 Å². The van der Waals surface area contributed by atoms with Crippen molar-refractivity contribution in [2.75, 3.05) is 38.6 Å². The molecule has 0 spiro atoms. The van der Waals surface area contributed by atoms with Crippen molar-refractivity contribution in [1.82, 2.24) is 19.7 Å². The van der Waals surface area contributed by atoms with Crippen LogP contribution in [0.25, 0.3) is 0 Å². The number of fused-ring (bicyclic) bond motifs is 1. The second kappa shape index (κ2) is 12.5. The van der Waals surface area contributed by atoms with Crippen LogP contribution in [0.2, 0.25) is 10.0 Å². The molecule has 0 radical (unpaired) electrons. The molecule has 3 heterocycles. The topological polar surface area (TPSA) is 100 Å². The van der Waals surface area contributed by atoms with E-state index in [4.69, 9.17) is 34.8 Å². The van der Waals surface area contributed by atoms with Crippen molar-refractivity contribution in [1.29, 1.82) is 0 Å². The maximum atomic E-state index is 14.4. The number of pyridine rings is 1. The Morgan fingerprint density at radius 1 is 1.13 bits per heavy atom. The third-order valence-electron chi connectivity index (χ3n) is 8.29. The Morgan fingerprint density at radius 2 is 1.83 bits per heavy atom. The maximum Gasteiger partial charge on any atom is 0.362 e. The molecule has 3 aliphatic rings. The zero-order chi connectivity index (χ0) is 33.1. The largest absolute Gasteiger partial charge is 0.506 e. The summed E-state index contributed by atoms with van der Waals surface area (Å²) in [6.07, 6.45) is 2.68. The standard InChI is InChI=1S/C31H30Cl3F2N5O4S/c1-38(2)15-22-18-12-23(42)21(40-10-4-9-39(30(40)45)17-7-8-17)11-16(18)14-41(22)29(44)26-24(13-25(31(34,35)36)37-28(26)43)46-27-19(32)5-3-6-20(27)33/h3,5-6,11-13,17,22,42H,4,7-10,14-15H2,1-2H3,(H,37,43). The van der Waals surface area contributed by atoms with Gasteiger partial charge >= 0.3 is 11.4 Å². The lowest BCUT2D eigenvalue weighted by atomic mass is 10.0. The van der Waals surface area contributed by atoms with Gasteiger partial charge in [-0.15, -0.1) is 0 Å². The van der Waals surface area contributed by atoms with Crippen molar-refractivity contribution in [3.8, 4) is 5.75 Å². The van der Waals surface area contributed by atoms with Crippen LogP contribution in [0.5, 0.6) is 5.75 Å². The first kappa shape index (κ1) is 32.9. The van der Waals surface area contributed by atoms with E-state index < -0.39 is 34.1 Å². The van der Waals surface area contributed by atoms with Gasteiger partial charge < -0.3 is 24.8 Å². The molecule has 1 unspecified atom stereocenters. The fraction of sp³-hybridized carbons (Fsp3) is 0.387. The second-order valence-electron chi connectivity index (χ2n) is 11.9. The number of benzene rings is 2. The molecule has 46 heavy (non-hydrogen) atoms. The van der Waals surface area contributed by atoms with Crippen LogP contribution in [0.3, 0.4) is 0 Å². The van der Waals surface area contributed by atoms with Gasteiger partial charge in [0.05, 0.1) is 21.8 Å². The molecule has 1 atom stereocenters. The van der Waals surface area contributed by atoms with Gasteiger partial charge in [-0.3, -0.25) is 14.5 Å². The summed E-state index contributed by atoms with van der Waals surface area (Å²) in [7, 11) is 3.64. The van der Waals surface area contributed by atoms with Gasteiger partial charge in [0.15, 0.2) is 0 Å². The number of halogens is 5. The third-order valence-corrected chi connectivity index (χ3v) is 10.5. The van der Waals surface area contributed by atoms with Crippen molar-refractivity contribution < 1.29 is 23.5 Å². The number of phenolic OH excluding ortho intramolecular Hbond substituents is 1. The first-order valence-corrected chi connectivity index (χ1v) is 16.6. The van der Waals surface area contributed by atoms with E-state index in [0.29, 0.717) is 36.4 Å². The van der Waals surface area contributed by atoms with Gasteiger partial charge in [-0.05, 0) is 86.4 Å². The number of hydrogen-bond acceptors (Lipinski definition) is 6. The highest BCUT2D eigenvalue weighted by Crippen LogP contribution is 2.45. The summed E-state index contributed by atoms with van der Waals surface area (Å²) < 4.78 is 28.5. The summed E-state index contributed by atoms with van der Waals surface area (Å²) >= 11 is 18.8. The molecular weight excluding hydrogens is 683 g/mol. The molecule has 1 saturated carbocycles. The summed E-state index contributed by atoms with van der Waals surface area (Å²) in [5, 5.41) is 7.67. The number of rotatable bonds is 8. The number of aromatic hydroxyl groups is 1. The summed E-state index contributed by atoms with van der Waals surface area (Å²) in [4.78, 5) is 50.1. The number of aromatic amines is 1. The summed E-state index contributed by atoms with van der Waals surface area (Å²) in [5.41, 5.74) is -0.655. The Bertz CT molecular complexity index is 1760. The van der Waals surface area contributed by atoms with Crippen molar-refractivity contribution in [3.05, 3.63) is 79.2 Å². The lowest BCUT2D eigenvalue weighted by molar-refractivity contribution is 0.0656. The van der Waals surface area contributed by atoms with Crippen molar-refractivity contribution in [2.24, 2.45) is 0 Å². The first-order chi connectivity index (χ1) is 21.7. The van der Waals surface area contributed by atoms with Crippen LogP contribution in [-0.4, -0.2) is 76.5 Å². The van der Waals surface area contributed by atoms with Crippen LogP contribution >= 0.6 is 46.6 Å². The average molecular weight is 713 g/mol. The third kappa shape index (κ3) is 6.29. The molecule has 244 valence electrons. The molecule has 9 nitrogen and oxygen atoms in total. The lowest BCUT2D eigenvalue weighted by Gasteiger charge is -2.36. The monoisotopic (exact) mass is 711 g/mol. The molecule has 3 amide bonds. The van der Waals surface area contributed by atoms with E-state index in [0.717, 1.165) is 37.1 Å². The minimum atomic E-state index is -3.92. The highest BCUT2D eigenvalue weighted by atomic mass is 35.5. The van der Waals surface area contributed by atoms with E-state index in [1.54, 1.807) is 35.2 Å². The molecule has 1 saturated heterocycles. The van der Waals surface area contributed by atoms with E-state index in [9.17, 15) is 28.3 Å². The number of H-pyrrole nitrogens is 1. The van der Waals surface area contributed by atoms with Crippen molar-refractivity contribution in [3.63, 3.8) is 0 Å². The van der Waals surface area contributed by atoms with E-state index in [1.165, 1.54) is 4.90 Å². The number of phenols is 1. The Balaban J connectivity index is 1.41. The predicted molar refractivity (Wildman–Crippen MR) is 174 cm³/mol. The summed E-state index contributed by atoms with van der Waals surface area (Å²) in [6, 6.07) is 8.38. The summed E-state index contributed by atoms with van der Waals surface area (Å²) in [5.74, 6) is -0.826. The number of nitrogens with one attached hydrogen (secondary N) is 1. The zero-order valence-corrected chi connectivity index (χ0v) is 27.9. The lowest BCUT2D eigenvalue weighted by Crippen LogP contribution is -2.50. The number of carbonyl (C=O) groups excluding carboxylic acids is 2. The second-order valence-corrected chi connectivity index (χ2v) is 14.2. The highest BCUT2D eigenvalue weighted by molar-refractivity contribution is 7.99. The van der Waals surface area contributed by atoms with Gasteiger partial charge in [-0.2, -0.15) is 8.78 Å². The highest BCUT2D eigenvalue weighted by Gasteiger charge is 2.41. The van der Waals surface area contributed by atoms with E-state index in [-0.39, 0.29) is 44.2 Å². The first-order valence-electron chi connectivity index (χ1n) is 14.6. The van der Waals surface area contributed by atoms with Crippen LogP contribution in [-0.2, 0) is 11.9 Å². The Labute approximate surface area is 283 Å². The molecule has 1 aromatic heterocycles. The van der Waals surface area contributed by atoms with Crippen LogP contribution in [0.15, 0.2) is 51.0 Å². The van der Waals surface area contributed by atoms with Gasteiger partial charge in [-0.1, -0.05) is 41.0 Å². The number of alkyl halides is 3. The molecule has 6 rings (SSSR count). The van der Waals surface area contributed by atoms with Crippen LogP contribution in [0, 0.1) is 0 Å². The number of likely N-dealkylation sites (N-methyl/N-ethyl adjacent to an activating group) is 1. The number of carbonyl (C=O) groups is 2. The number of nitrogens with zero attached hydrogens (tertiary/aromatic N) is 4. The van der Waals surface area contributed by atoms with Gasteiger partial charge in [-0.25, -0.2) is 4.79 Å². The number of anilines is 1. The Kier molecular flexibility index (Phi) is 8.96. The SMILES string of the molecule is CN(C)CC1c2cc(O)c(N3CCCN(C4CC4)C3=O)cc2CN1C(=O)c1c(Sc2c(Cl)cccc2Cl)cc(C(F)(F)Cl)[nH]c1=O. The molecule has 3 aromatic rings. The maximum absolute atomic E-state index is 14.4. The number of urea groups is 1. The van der Waals surface area contributed by atoms with Crippen LogP contribution in [0.4, 0.5) is 19.3 Å². The molecular formula is C31H30Cl3F2N5O4S. The normalized spacial score (nSPS) is 18.5. The average Bonchev–Trinajstić information content (AvgIpc) is 3.76. The van der Waals surface area contributed by atoms with Crippen LogP contribution < -0.4 is 10.5 Å². The fourth-order valence-electron chi connectivity index (χ4n) is 6.02. The quantitative estimate of drug-likeness (QED) is 0.247. The van der Waals surface area contributed by atoms with Gasteiger partial charge in [0, 0.05) is 42.0 Å². The van der Waals surface area contributed by atoms with Gasteiger partial charge in [0.2, 0.25) is 0 Å². The minimum Gasteiger partial charge on any atom is -0.506 e. The Morgan fingerprint density at radius 3 is 2.46 bits per heavy atom. The van der Waals surface area contributed by atoms with E-state index in [2.05, 4.69) is 4.98 Å². The van der Waals surface area contributed by atoms with Gasteiger partial charge in [0.1, 0.15) is 17.0 Å². The Hall–Kier alpha value is -3.03. The molecule has 2 fully saturated rings. The smallest absolute Gasteiger partial charge is 0.362 e. The molecule has 15 heteroatoms. The number of amides is 3. The molecule has 2 aromatic carbocycles. The van der Waals surface area contributed by atoms with E-state index in [1.807, 2.05) is 23.9 Å². The zero-order valence-electron chi connectivity index (χ0n) is 24.8. The molecule has 0 bridgehead atoms.